The molecule has 0 spiro atoms. The van der Waals surface area contributed by atoms with Crippen molar-refractivity contribution in [2.45, 2.75) is 84.4 Å². The summed E-state index contributed by atoms with van der Waals surface area (Å²) in [7, 11) is 0.597. The van der Waals surface area contributed by atoms with Crippen LogP contribution in [0.25, 0.3) is 0 Å². The molecule has 1 aliphatic heterocycles. The molecule has 1 amide bonds. The first-order valence-corrected chi connectivity index (χ1v) is 18.4. The number of nitrogens with zero attached hydrogens (tertiary/aromatic N) is 2. The third kappa shape index (κ3) is 8.52. The van der Waals surface area contributed by atoms with Crippen LogP contribution in [-0.4, -0.2) is 70.8 Å². The van der Waals surface area contributed by atoms with Gasteiger partial charge in [0.25, 0.3) is 5.91 Å². The van der Waals surface area contributed by atoms with Crippen LogP contribution >= 0.6 is 11.6 Å². The highest BCUT2D eigenvalue weighted by Gasteiger charge is 2.45. The Bertz CT molecular complexity index is 1440. The van der Waals surface area contributed by atoms with Crippen LogP contribution in [0.15, 0.2) is 41.6 Å². The zero-order chi connectivity index (χ0) is 34.6. The summed E-state index contributed by atoms with van der Waals surface area (Å²) in [5.74, 6) is -0.0457. The van der Waals surface area contributed by atoms with Crippen molar-refractivity contribution in [3.63, 3.8) is 0 Å². The fraction of sp³-hybridized carbons (Fsp3) is 0.545. The van der Waals surface area contributed by atoms with Crippen LogP contribution in [0.5, 0.6) is 11.5 Å². The van der Waals surface area contributed by atoms with E-state index in [1.807, 2.05) is 39.1 Å². The second-order valence-electron chi connectivity index (χ2n) is 13.8. The standard InChI is InChI=1S/C33H48ClN3O8Si/c1-20(38)43-19-33(5,6)18-37-24-15-14-21(34)16-23(24)28(22-12-11-13-25(41-7)29(22)42-8)44-27(31(37)39)17-26(30(35)36-40)45-46(9,10)32(2,3)4/h11-16,26-28,40H,17-19H2,1-10H3,(H2,35,36)/t26?,27-,28-/m1/s1. The number of oxime groups is 1. The topological polar surface area (TPSA) is 142 Å². The molecule has 0 radical (unpaired) electrons. The second-order valence-corrected chi connectivity index (χ2v) is 19.0. The number of amides is 1. The molecule has 0 fully saturated rings. The van der Waals surface area contributed by atoms with Crippen LogP contribution in [-0.2, 0) is 23.5 Å². The molecule has 11 nitrogen and oxygen atoms in total. The first-order chi connectivity index (χ1) is 21.4. The maximum absolute atomic E-state index is 14.7. The molecule has 0 saturated carbocycles. The van der Waals surface area contributed by atoms with Gasteiger partial charge in [-0.3, -0.25) is 9.59 Å². The SMILES string of the molecule is COc1cccc([C@H]2O[C@H](CC(O[Si](C)(C)C(C)(C)C)/C(N)=N/O)C(=O)N(CC(C)(C)COC(C)=O)c3ccc(Cl)cc32)c1OC. The molecule has 1 unspecified atom stereocenters. The van der Waals surface area contributed by atoms with E-state index in [-0.39, 0.29) is 36.4 Å². The smallest absolute Gasteiger partial charge is 0.302 e. The van der Waals surface area contributed by atoms with Gasteiger partial charge in [0.15, 0.2) is 25.7 Å². The van der Waals surface area contributed by atoms with Gasteiger partial charge < -0.3 is 39.2 Å². The van der Waals surface area contributed by atoms with E-state index in [4.69, 9.17) is 40.7 Å². The Balaban J connectivity index is 2.25. The number of benzene rings is 2. The first kappa shape index (κ1) is 37.1. The van der Waals surface area contributed by atoms with Gasteiger partial charge in [-0.2, -0.15) is 0 Å². The number of nitrogens with two attached hydrogens (primary N) is 1. The van der Waals surface area contributed by atoms with Crippen LogP contribution in [0, 0.1) is 5.41 Å². The highest BCUT2D eigenvalue weighted by Crippen LogP contribution is 2.46. The highest BCUT2D eigenvalue weighted by molar-refractivity contribution is 6.74. The van der Waals surface area contributed by atoms with E-state index in [1.165, 1.54) is 14.0 Å². The van der Waals surface area contributed by atoms with Crippen LogP contribution < -0.4 is 20.1 Å². The normalized spacial score (nSPS) is 18.5. The molecule has 0 aromatic heterocycles. The number of esters is 1. The van der Waals surface area contributed by atoms with Crippen molar-refractivity contribution in [1.29, 1.82) is 0 Å². The maximum atomic E-state index is 14.7. The largest absolute Gasteiger partial charge is 0.493 e. The number of amidine groups is 1. The van der Waals surface area contributed by atoms with Gasteiger partial charge in [0.1, 0.15) is 18.3 Å². The summed E-state index contributed by atoms with van der Waals surface area (Å²) in [6, 6.07) is 10.7. The van der Waals surface area contributed by atoms with Crippen molar-refractivity contribution < 1.29 is 38.2 Å². The number of para-hydroxylation sites is 1. The van der Waals surface area contributed by atoms with E-state index in [2.05, 4.69) is 25.9 Å². The Morgan fingerprint density at radius 3 is 2.37 bits per heavy atom. The summed E-state index contributed by atoms with van der Waals surface area (Å²) in [5, 5.41) is 13.3. The van der Waals surface area contributed by atoms with E-state index in [0.717, 1.165) is 0 Å². The molecule has 3 N–H and O–H groups in total. The van der Waals surface area contributed by atoms with Crippen molar-refractivity contribution in [3.05, 3.63) is 52.5 Å². The van der Waals surface area contributed by atoms with E-state index < -0.39 is 38.0 Å². The molecule has 46 heavy (non-hydrogen) atoms. The fourth-order valence-corrected chi connectivity index (χ4v) is 6.50. The minimum Gasteiger partial charge on any atom is -0.493 e. The zero-order valence-electron chi connectivity index (χ0n) is 28.5. The maximum Gasteiger partial charge on any atom is 0.302 e. The number of hydrogen-bond acceptors (Lipinski definition) is 9. The number of rotatable bonds is 12. The lowest BCUT2D eigenvalue weighted by Gasteiger charge is -2.40. The van der Waals surface area contributed by atoms with Crippen molar-refractivity contribution >= 4 is 43.3 Å². The Kier molecular flexibility index (Phi) is 11.8. The van der Waals surface area contributed by atoms with E-state index in [9.17, 15) is 14.8 Å². The van der Waals surface area contributed by atoms with Gasteiger partial charge in [0.05, 0.1) is 20.8 Å². The minimum atomic E-state index is -2.48. The Morgan fingerprint density at radius 1 is 1.13 bits per heavy atom. The fourth-order valence-electron chi connectivity index (χ4n) is 5.04. The van der Waals surface area contributed by atoms with E-state index in [0.29, 0.717) is 33.3 Å². The number of halogens is 1. The molecule has 3 rings (SSSR count). The first-order valence-electron chi connectivity index (χ1n) is 15.1. The predicted molar refractivity (Wildman–Crippen MR) is 181 cm³/mol. The van der Waals surface area contributed by atoms with Crippen LogP contribution in [0.4, 0.5) is 5.69 Å². The molecular weight excluding hydrogens is 630 g/mol. The quantitative estimate of drug-likeness (QED) is 0.0661. The van der Waals surface area contributed by atoms with Crippen molar-refractivity contribution in [3.8, 4) is 11.5 Å². The number of methoxy groups -OCH3 is 2. The minimum absolute atomic E-state index is 0.0490. The summed E-state index contributed by atoms with van der Waals surface area (Å²) in [4.78, 5) is 28.0. The second kappa shape index (κ2) is 14.6. The lowest BCUT2D eigenvalue weighted by molar-refractivity contribution is -0.143. The summed E-state index contributed by atoms with van der Waals surface area (Å²) in [6.45, 7) is 15.7. The van der Waals surface area contributed by atoms with Crippen molar-refractivity contribution in [1.82, 2.24) is 0 Å². The van der Waals surface area contributed by atoms with Gasteiger partial charge in [-0.25, -0.2) is 0 Å². The van der Waals surface area contributed by atoms with Gasteiger partial charge in [-0.05, 0) is 42.4 Å². The third-order valence-corrected chi connectivity index (χ3v) is 13.2. The molecule has 2 aromatic rings. The summed E-state index contributed by atoms with van der Waals surface area (Å²) >= 11 is 6.57. The predicted octanol–water partition coefficient (Wildman–Crippen LogP) is 6.29. The van der Waals surface area contributed by atoms with Crippen LogP contribution in [0.2, 0.25) is 23.2 Å². The molecular formula is C33H48ClN3O8Si. The average Bonchev–Trinajstić information content (AvgIpc) is 3.08. The summed E-state index contributed by atoms with van der Waals surface area (Å²) in [5.41, 5.74) is 7.35. The Morgan fingerprint density at radius 2 is 1.80 bits per heavy atom. The van der Waals surface area contributed by atoms with Crippen LogP contribution in [0.3, 0.4) is 0 Å². The Labute approximate surface area is 278 Å². The third-order valence-electron chi connectivity index (χ3n) is 8.49. The molecule has 0 bridgehead atoms. The summed E-state index contributed by atoms with van der Waals surface area (Å²) < 4.78 is 30.1. The average molecular weight is 678 g/mol. The van der Waals surface area contributed by atoms with Gasteiger partial charge in [0.2, 0.25) is 0 Å². The number of carbonyl (C=O) groups is 2. The highest BCUT2D eigenvalue weighted by atomic mass is 35.5. The van der Waals surface area contributed by atoms with Gasteiger partial charge in [0, 0.05) is 47.1 Å². The molecule has 2 aromatic carbocycles. The van der Waals surface area contributed by atoms with Crippen molar-refractivity contribution in [2.24, 2.45) is 16.3 Å². The molecule has 3 atom stereocenters. The number of fused-ring (bicyclic) bond motifs is 1. The van der Waals surface area contributed by atoms with Crippen molar-refractivity contribution in [2.75, 3.05) is 32.3 Å². The monoisotopic (exact) mass is 677 g/mol. The molecule has 0 aliphatic carbocycles. The summed E-state index contributed by atoms with van der Waals surface area (Å²) in [6.07, 6.45) is -2.97. The molecule has 0 saturated heterocycles. The lowest BCUT2D eigenvalue weighted by atomic mass is 9.92. The number of hydrogen-bond donors (Lipinski definition) is 2. The Hall–Kier alpha value is -3.32. The molecule has 1 aliphatic rings. The van der Waals surface area contributed by atoms with E-state index >= 15 is 0 Å². The van der Waals surface area contributed by atoms with Gasteiger partial charge in [-0.1, -0.05) is 63.5 Å². The molecule has 1 heterocycles. The van der Waals surface area contributed by atoms with Crippen LogP contribution in [0.1, 0.15) is 65.2 Å². The molecule has 254 valence electrons. The van der Waals surface area contributed by atoms with E-state index in [1.54, 1.807) is 36.3 Å². The number of carbonyl (C=O) groups excluding carboxylic acids is 2. The zero-order valence-corrected chi connectivity index (χ0v) is 30.2. The number of ether oxygens (including phenoxy) is 4. The van der Waals surface area contributed by atoms with Gasteiger partial charge >= 0.3 is 5.97 Å². The molecule has 13 heteroatoms. The lowest BCUT2D eigenvalue weighted by Crippen LogP contribution is -2.51. The number of anilines is 1. The van der Waals surface area contributed by atoms with Gasteiger partial charge in [-0.15, -0.1) is 0 Å².